The summed E-state index contributed by atoms with van der Waals surface area (Å²) < 4.78 is 11.1. The second-order valence-electron chi connectivity index (χ2n) is 5.42. The lowest BCUT2D eigenvalue weighted by atomic mass is 10.1. The fourth-order valence-corrected chi connectivity index (χ4v) is 2.56. The van der Waals surface area contributed by atoms with E-state index >= 15 is 0 Å². The predicted octanol–water partition coefficient (Wildman–Crippen LogP) is 2.70. The quantitative estimate of drug-likeness (QED) is 0.875. The summed E-state index contributed by atoms with van der Waals surface area (Å²) in [6, 6.07) is 6.82. The van der Waals surface area contributed by atoms with Crippen molar-refractivity contribution < 1.29 is 9.47 Å². The first-order valence-corrected chi connectivity index (χ1v) is 7.48. The van der Waals surface area contributed by atoms with Gasteiger partial charge >= 0.3 is 0 Å². The van der Waals surface area contributed by atoms with Crippen LogP contribution in [0.2, 0.25) is 0 Å². The Balaban J connectivity index is 0.00000220. The minimum Gasteiger partial charge on any atom is -0.493 e. The zero-order chi connectivity index (χ0) is 14.4. The van der Waals surface area contributed by atoms with Crippen molar-refractivity contribution in [2.75, 3.05) is 33.4 Å². The average molecular weight is 315 g/mol. The molecule has 0 spiro atoms. The summed E-state index contributed by atoms with van der Waals surface area (Å²) in [5.74, 6) is 1.67. The molecule has 1 N–H and O–H groups in total. The summed E-state index contributed by atoms with van der Waals surface area (Å²) in [4.78, 5) is 2.47. The Labute approximate surface area is 134 Å². The third-order valence-electron chi connectivity index (χ3n) is 3.55. The molecule has 0 amide bonds. The van der Waals surface area contributed by atoms with E-state index < -0.39 is 0 Å². The molecule has 1 fully saturated rings. The fraction of sp³-hybridized carbons (Fsp3) is 0.625. The van der Waals surface area contributed by atoms with Crippen LogP contribution in [0.3, 0.4) is 0 Å². The molecule has 0 bridgehead atoms. The van der Waals surface area contributed by atoms with E-state index in [4.69, 9.17) is 9.47 Å². The van der Waals surface area contributed by atoms with Gasteiger partial charge in [-0.25, -0.2) is 0 Å². The first-order chi connectivity index (χ1) is 9.72. The molecule has 0 unspecified atom stereocenters. The van der Waals surface area contributed by atoms with E-state index in [0.717, 1.165) is 50.7 Å². The lowest BCUT2D eigenvalue weighted by molar-refractivity contribution is 0.199. The molecule has 5 heteroatoms. The molecule has 0 aromatic heterocycles. The second kappa shape index (κ2) is 9.13. The van der Waals surface area contributed by atoms with E-state index in [1.807, 2.05) is 6.07 Å². The number of hydrogen-bond donors (Lipinski definition) is 1. The first kappa shape index (κ1) is 18.1. The van der Waals surface area contributed by atoms with Crippen LogP contribution in [-0.4, -0.2) is 44.3 Å². The average Bonchev–Trinajstić information content (AvgIpc) is 2.46. The van der Waals surface area contributed by atoms with Gasteiger partial charge in [0.15, 0.2) is 11.5 Å². The van der Waals surface area contributed by atoms with Gasteiger partial charge in [0.25, 0.3) is 0 Å². The van der Waals surface area contributed by atoms with Crippen LogP contribution in [-0.2, 0) is 6.54 Å². The first-order valence-electron chi connectivity index (χ1n) is 7.48. The molecule has 1 atom stereocenters. The predicted molar refractivity (Wildman–Crippen MR) is 88.8 cm³/mol. The molecular weight excluding hydrogens is 288 g/mol. The van der Waals surface area contributed by atoms with Gasteiger partial charge in [-0.3, -0.25) is 4.90 Å². The molecule has 1 aliphatic rings. The van der Waals surface area contributed by atoms with Crippen molar-refractivity contribution in [2.45, 2.75) is 32.9 Å². The number of rotatable bonds is 6. The highest BCUT2D eigenvalue weighted by Crippen LogP contribution is 2.28. The maximum atomic E-state index is 5.69. The number of nitrogens with one attached hydrogen (secondary N) is 1. The minimum atomic E-state index is 0. The van der Waals surface area contributed by atoms with Crippen molar-refractivity contribution in [3.63, 3.8) is 0 Å². The zero-order valence-electron chi connectivity index (χ0n) is 13.2. The number of benzene rings is 1. The number of ether oxygens (including phenoxy) is 2. The molecule has 1 saturated heterocycles. The van der Waals surface area contributed by atoms with E-state index in [1.54, 1.807) is 7.11 Å². The summed E-state index contributed by atoms with van der Waals surface area (Å²) in [5.41, 5.74) is 1.28. The summed E-state index contributed by atoms with van der Waals surface area (Å²) in [5, 5.41) is 3.47. The van der Waals surface area contributed by atoms with E-state index in [2.05, 4.69) is 36.2 Å². The highest BCUT2D eigenvalue weighted by atomic mass is 35.5. The van der Waals surface area contributed by atoms with Gasteiger partial charge in [-0.05, 0) is 31.0 Å². The van der Waals surface area contributed by atoms with Gasteiger partial charge in [0, 0.05) is 32.2 Å². The molecule has 1 aliphatic heterocycles. The van der Waals surface area contributed by atoms with Crippen LogP contribution in [0.5, 0.6) is 11.5 Å². The van der Waals surface area contributed by atoms with Crippen LogP contribution in [0.1, 0.15) is 25.8 Å². The van der Waals surface area contributed by atoms with E-state index in [1.165, 1.54) is 5.56 Å². The molecule has 1 aromatic rings. The molecule has 1 aromatic carbocycles. The highest BCUT2D eigenvalue weighted by Gasteiger charge is 2.16. The van der Waals surface area contributed by atoms with Crippen molar-refractivity contribution >= 4 is 12.4 Å². The smallest absolute Gasteiger partial charge is 0.161 e. The molecular formula is C16H27ClN2O2. The minimum absolute atomic E-state index is 0. The Morgan fingerprint density at radius 2 is 2.14 bits per heavy atom. The Bertz CT molecular complexity index is 429. The van der Waals surface area contributed by atoms with Crippen LogP contribution >= 0.6 is 12.4 Å². The normalized spacial score (nSPS) is 18.9. The Kier molecular flexibility index (Phi) is 7.86. The third-order valence-corrected chi connectivity index (χ3v) is 3.55. The van der Waals surface area contributed by atoms with Gasteiger partial charge in [0.05, 0.1) is 13.7 Å². The molecule has 0 radical (unpaired) electrons. The molecule has 0 aliphatic carbocycles. The Morgan fingerprint density at radius 1 is 1.33 bits per heavy atom. The third kappa shape index (κ3) is 5.38. The molecule has 2 rings (SSSR count). The largest absolute Gasteiger partial charge is 0.493 e. The number of piperazine rings is 1. The molecule has 4 nitrogen and oxygen atoms in total. The van der Waals surface area contributed by atoms with Gasteiger partial charge in [-0.1, -0.05) is 13.0 Å². The van der Waals surface area contributed by atoms with Crippen LogP contribution in [0.4, 0.5) is 0 Å². The van der Waals surface area contributed by atoms with Gasteiger partial charge in [-0.15, -0.1) is 12.4 Å². The lowest BCUT2D eigenvalue weighted by Gasteiger charge is -2.31. The second-order valence-corrected chi connectivity index (χ2v) is 5.42. The summed E-state index contributed by atoms with van der Waals surface area (Å²) in [7, 11) is 1.70. The van der Waals surface area contributed by atoms with Gasteiger partial charge < -0.3 is 14.8 Å². The Morgan fingerprint density at radius 3 is 2.81 bits per heavy atom. The maximum Gasteiger partial charge on any atom is 0.161 e. The standard InChI is InChI=1S/C16H26N2O2.ClH/c1-4-9-20-15-6-5-14(10-16(15)19-3)12-18-8-7-17-13(2)11-18;/h5-6,10,13,17H,4,7-9,11-12H2,1-3H3;1H/t13-;/m0./s1. The van der Waals surface area contributed by atoms with Crippen LogP contribution in [0, 0.1) is 0 Å². The Hall–Kier alpha value is -0.970. The lowest BCUT2D eigenvalue weighted by Crippen LogP contribution is -2.48. The van der Waals surface area contributed by atoms with Gasteiger partial charge in [0.1, 0.15) is 0 Å². The van der Waals surface area contributed by atoms with Crippen LogP contribution < -0.4 is 14.8 Å². The maximum absolute atomic E-state index is 5.69. The van der Waals surface area contributed by atoms with Gasteiger partial charge in [-0.2, -0.15) is 0 Å². The van der Waals surface area contributed by atoms with E-state index in [-0.39, 0.29) is 12.4 Å². The fourth-order valence-electron chi connectivity index (χ4n) is 2.56. The summed E-state index contributed by atoms with van der Waals surface area (Å²) in [6.45, 7) is 9.29. The van der Waals surface area contributed by atoms with Crippen molar-refractivity contribution in [1.29, 1.82) is 0 Å². The molecule has 120 valence electrons. The van der Waals surface area contributed by atoms with E-state index in [0.29, 0.717) is 6.04 Å². The monoisotopic (exact) mass is 314 g/mol. The number of methoxy groups -OCH3 is 1. The molecule has 21 heavy (non-hydrogen) atoms. The van der Waals surface area contributed by atoms with E-state index in [9.17, 15) is 0 Å². The summed E-state index contributed by atoms with van der Waals surface area (Å²) in [6.07, 6.45) is 1.00. The number of nitrogens with zero attached hydrogens (tertiary/aromatic N) is 1. The van der Waals surface area contributed by atoms with Gasteiger partial charge in [0.2, 0.25) is 0 Å². The topological polar surface area (TPSA) is 33.7 Å². The zero-order valence-corrected chi connectivity index (χ0v) is 14.0. The SMILES string of the molecule is CCCOc1ccc(CN2CCN[C@@H](C)C2)cc1OC.Cl. The highest BCUT2D eigenvalue weighted by molar-refractivity contribution is 5.85. The van der Waals surface area contributed by atoms with Crippen molar-refractivity contribution in [1.82, 2.24) is 10.2 Å². The summed E-state index contributed by atoms with van der Waals surface area (Å²) >= 11 is 0. The van der Waals surface area contributed by atoms with Crippen LogP contribution in [0.15, 0.2) is 18.2 Å². The van der Waals surface area contributed by atoms with Crippen molar-refractivity contribution in [3.05, 3.63) is 23.8 Å². The molecule has 1 heterocycles. The van der Waals surface area contributed by atoms with Crippen LogP contribution in [0.25, 0.3) is 0 Å². The van der Waals surface area contributed by atoms with Crippen molar-refractivity contribution in [3.8, 4) is 11.5 Å². The molecule has 0 saturated carbocycles. The van der Waals surface area contributed by atoms with Crippen molar-refractivity contribution in [2.24, 2.45) is 0 Å². The number of hydrogen-bond acceptors (Lipinski definition) is 4. The number of halogens is 1.